The van der Waals surface area contributed by atoms with Crippen LogP contribution in [-0.4, -0.2) is 42.5 Å². The molecule has 116 valence electrons. The third-order valence-corrected chi connectivity index (χ3v) is 4.41. The number of fused-ring (bicyclic) bond motifs is 1. The van der Waals surface area contributed by atoms with Crippen LogP contribution in [0.25, 0.3) is 10.9 Å². The quantitative estimate of drug-likeness (QED) is 0.946. The van der Waals surface area contributed by atoms with Gasteiger partial charge in [0.15, 0.2) is 0 Å². The summed E-state index contributed by atoms with van der Waals surface area (Å²) in [6, 6.07) is 9.29. The van der Waals surface area contributed by atoms with Crippen molar-refractivity contribution in [1.82, 2.24) is 15.2 Å². The lowest BCUT2D eigenvalue weighted by Crippen LogP contribution is -2.42. The van der Waals surface area contributed by atoms with E-state index in [2.05, 4.69) is 10.3 Å². The van der Waals surface area contributed by atoms with Gasteiger partial charge in [0, 0.05) is 23.5 Å². The molecule has 0 saturated carbocycles. The number of benzene rings is 1. The summed E-state index contributed by atoms with van der Waals surface area (Å²) >= 11 is 6.01. The summed E-state index contributed by atoms with van der Waals surface area (Å²) in [6.45, 7) is 2.56. The SMILES string of the molecule is CNCC1CCCN(C(=O)c2ccc3ccc(Cl)cc3n2)C1. The Bertz CT molecular complexity index is 687. The Balaban J connectivity index is 1.82. The van der Waals surface area contributed by atoms with E-state index in [1.165, 1.54) is 6.42 Å². The number of carbonyl (C=O) groups is 1. The maximum Gasteiger partial charge on any atom is 0.272 e. The monoisotopic (exact) mass is 317 g/mol. The van der Waals surface area contributed by atoms with Gasteiger partial charge >= 0.3 is 0 Å². The van der Waals surface area contributed by atoms with Crippen LogP contribution >= 0.6 is 11.6 Å². The third kappa shape index (κ3) is 3.23. The van der Waals surface area contributed by atoms with Gasteiger partial charge in [-0.2, -0.15) is 0 Å². The zero-order chi connectivity index (χ0) is 15.5. The van der Waals surface area contributed by atoms with E-state index in [1.54, 1.807) is 12.1 Å². The van der Waals surface area contributed by atoms with E-state index in [-0.39, 0.29) is 5.91 Å². The number of halogens is 1. The van der Waals surface area contributed by atoms with Crippen LogP contribution in [0.1, 0.15) is 23.3 Å². The molecule has 22 heavy (non-hydrogen) atoms. The number of pyridine rings is 1. The molecule has 2 aromatic rings. The molecule has 0 spiro atoms. The summed E-state index contributed by atoms with van der Waals surface area (Å²) < 4.78 is 0. The summed E-state index contributed by atoms with van der Waals surface area (Å²) in [5, 5.41) is 4.83. The number of hydrogen-bond acceptors (Lipinski definition) is 3. The Morgan fingerprint density at radius 2 is 2.23 bits per heavy atom. The lowest BCUT2D eigenvalue weighted by molar-refractivity contribution is 0.0668. The van der Waals surface area contributed by atoms with Crippen molar-refractivity contribution in [2.24, 2.45) is 5.92 Å². The minimum Gasteiger partial charge on any atom is -0.337 e. The first-order valence-corrected chi connectivity index (χ1v) is 8.05. The molecule has 1 atom stereocenters. The number of likely N-dealkylation sites (tertiary alicyclic amines) is 1. The van der Waals surface area contributed by atoms with E-state index in [1.807, 2.05) is 30.1 Å². The standard InChI is InChI=1S/C17H20ClN3O/c1-19-10-12-3-2-8-21(11-12)17(22)15-7-5-13-4-6-14(18)9-16(13)20-15/h4-7,9,12,19H,2-3,8,10-11H2,1H3. The minimum atomic E-state index is 0.0164. The predicted molar refractivity (Wildman–Crippen MR) is 89.3 cm³/mol. The number of aromatic nitrogens is 1. The highest BCUT2D eigenvalue weighted by Crippen LogP contribution is 2.21. The van der Waals surface area contributed by atoms with Gasteiger partial charge in [-0.05, 0) is 50.6 Å². The maximum absolute atomic E-state index is 12.7. The predicted octanol–water partition coefficient (Wildman–Crippen LogP) is 2.96. The highest BCUT2D eigenvalue weighted by atomic mass is 35.5. The highest BCUT2D eigenvalue weighted by Gasteiger charge is 2.24. The summed E-state index contributed by atoms with van der Waals surface area (Å²) in [5.41, 5.74) is 1.27. The van der Waals surface area contributed by atoms with Gasteiger partial charge in [-0.25, -0.2) is 4.98 Å². The molecule has 1 saturated heterocycles. The Morgan fingerprint density at radius 1 is 1.41 bits per heavy atom. The second-order valence-electron chi connectivity index (χ2n) is 5.85. The van der Waals surface area contributed by atoms with E-state index >= 15 is 0 Å². The fourth-order valence-electron chi connectivity index (χ4n) is 3.08. The lowest BCUT2D eigenvalue weighted by Gasteiger charge is -2.32. The topological polar surface area (TPSA) is 45.2 Å². The normalized spacial score (nSPS) is 18.6. The first kappa shape index (κ1) is 15.3. The number of hydrogen-bond donors (Lipinski definition) is 1. The number of rotatable bonds is 3. The molecule has 0 radical (unpaired) electrons. The van der Waals surface area contributed by atoms with Crippen LogP contribution in [0.2, 0.25) is 5.02 Å². The van der Waals surface area contributed by atoms with Crippen molar-refractivity contribution in [2.75, 3.05) is 26.7 Å². The van der Waals surface area contributed by atoms with E-state index in [4.69, 9.17) is 11.6 Å². The van der Waals surface area contributed by atoms with Gasteiger partial charge in [-0.3, -0.25) is 4.79 Å². The second-order valence-corrected chi connectivity index (χ2v) is 6.29. The molecule has 4 nitrogen and oxygen atoms in total. The minimum absolute atomic E-state index is 0.0164. The average Bonchev–Trinajstić information content (AvgIpc) is 2.54. The molecule has 1 aromatic heterocycles. The van der Waals surface area contributed by atoms with Crippen molar-refractivity contribution >= 4 is 28.4 Å². The van der Waals surface area contributed by atoms with Crippen LogP contribution < -0.4 is 5.32 Å². The van der Waals surface area contributed by atoms with E-state index in [9.17, 15) is 4.79 Å². The van der Waals surface area contributed by atoms with Gasteiger partial charge in [0.25, 0.3) is 5.91 Å². The van der Waals surface area contributed by atoms with E-state index < -0.39 is 0 Å². The highest BCUT2D eigenvalue weighted by molar-refractivity contribution is 6.31. The molecule has 1 fully saturated rings. The number of piperidine rings is 1. The van der Waals surface area contributed by atoms with Crippen LogP contribution in [0.15, 0.2) is 30.3 Å². The van der Waals surface area contributed by atoms with E-state index in [0.29, 0.717) is 16.6 Å². The van der Waals surface area contributed by atoms with Crippen molar-refractivity contribution < 1.29 is 4.79 Å². The van der Waals surface area contributed by atoms with Crippen molar-refractivity contribution in [3.8, 4) is 0 Å². The lowest BCUT2D eigenvalue weighted by atomic mass is 9.98. The summed E-state index contributed by atoms with van der Waals surface area (Å²) in [6.07, 6.45) is 2.23. The number of nitrogens with one attached hydrogen (secondary N) is 1. The molecule has 1 amide bonds. The fraction of sp³-hybridized carbons (Fsp3) is 0.412. The molecule has 0 aliphatic carbocycles. The van der Waals surface area contributed by atoms with Gasteiger partial charge in [-0.15, -0.1) is 0 Å². The van der Waals surface area contributed by atoms with Gasteiger partial charge in [-0.1, -0.05) is 23.7 Å². The number of nitrogens with zero attached hydrogens (tertiary/aromatic N) is 2. The molecule has 1 N–H and O–H groups in total. The molecular formula is C17H20ClN3O. The fourth-order valence-corrected chi connectivity index (χ4v) is 3.24. The van der Waals surface area contributed by atoms with Crippen LogP contribution in [0.5, 0.6) is 0 Å². The largest absolute Gasteiger partial charge is 0.337 e. The number of carbonyl (C=O) groups excluding carboxylic acids is 1. The zero-order valence-corrected chi connectivity index (χ0v) is 13.4. The molecule has 0 bridgehead atoms. The summed E-state index contributed by atoms with van der Waals surface area (Å²) in [5.74, 6) is 0.542. The summed E-state index contributed by atoms with van der Waals surface area (Å²) in [7, 11) is 1.95. The van der Waals surface area contributed by atoms with Crippen molar-refractivity contribution in [2.45, 2.75) is 12.8 Å². The van der Waals surface area contributed by atoms with Gasteiger partial charge < -0.3 is 10.2 Å². The molecule has 1 aromatic carbocycles. The average molecular weight is 318 g/mol. The maximum atomic E-state index is 12.7. The third-order valence-electron chi connectivity index (χ3n) is 4.17. The Kier molecular flexibility index (Phi) is 4.60. The molecule has 1 aliphatic heterocycles. The first-order valence-electron chi connectivity index (χ1n) is 7.67. The molecule has 2 heterocycles. The first-order chi connectivity index (χ1) is 10.7. The van der Waals surface area contributed by atoms with Gasteiger partial charge in [0.05, 0.1) is 5.52 Å². The zero-order valence-electron chi connectivity index (χ0n) is 12.7. The van der Waals surface area contributed by atoms with Crippen molar-refractivity contribution in [3.63, 3.8) is 0 Å². The van der Waals surface area contributed by atoms with E-state index in [0.717, 1.165) is 37.0 Å². The van der Waals surface area contributed by atoms with Crippen LogP contribution in [-0.2, 0) is 0 Å². The van der Waals surface area contributed by atoms with Crippen LogP contribution in [0.3, 0.4) is 0 Å². The smallest absolute Gasteiger partial charge is 0.272 e. The molecule has 1 unspecified atom stereocenters. The second kappa shape index (κ2) is 6.63. The van der Waals surface area contributed by atoms with Gasteiger partial charge in [0.2, 0.25) is 0 Å². The Morgan fingerprint density at radius 3 is 3.05 bits per heavy atom. The summed E-state index contributed by atoms with van der Waals surface area (Å²) in [4.78, 5) is 19.1. The van der Waals surface area contributed by atoms with Crippen LogP contribution in [0, 0.1) is 5.92 Å². The van der Waals surface area contributed by atoms with Crippen molar-refractivity contribution in [1.29, 1.82) is 0 Å². The Labute approximate surface area is 135 Å². The molecule has 1 aliphatic rings. The van der Waals surface area contributed by atoms with Gasteiger partial charge in [0.1, 0.15) is 5.69 Å². The Hall–Kier alpha value is -1.65. The molecule has 5 heteroatoms. The van der Waals surface area contributed by atoms with Crippen molar-refractivity contribution in [3.05, 3.63) is 41.0 Å². The van der Waals surface area contributed by atoms with Crippen LogP contribution in [0.4, 0.5) is 0 Å². The molecular weight excluding hydrogens is 298 g/mol. The number of amides is 1. The molecule has 3 rings (SSSR count).